The molecule has 0 rings (SSSR count). The highest BCUT2D eigenvalue weighted by atomic mass is 28.4. The van der Waals surface area contributed by atoms with Crippen LogP contribution in [0.3, 0.4) is 0 Å². The Morgan fingerprint density at radius 3 is 1.75 bits per heavy atom. The van der Waals surface area contributed by atoms with E-state index in [9.17, 15) is 4.79 Å². The smallest absolute Gasteiger partial charge is 0.462 e. The molecule has 0 aliphatic heterocycles. The Labute approximate surface area is 149 Å². The fourth-order valence-electron chi connectivity index (χ4n) is 2.02. The normalized spacial score (nSPS) is 11.5. The van der Waals surface area contributed by atoms with Crippen LogP contribution in [0.5, 0.6) is 0 Å². The topological polar surface area (TPSA) is 54.0 Å². The molecule has 0 radical (unpaired) electrons. The van der Waals surface area contributed by atoms with Crippen LogP contribution in [0.25, 0.3) is 0 Å². The minimum atomic E-state index is -2.58. The van der Waals surface area contributed by atoms with Gasteiger partial charge in [0.1, 0.15) is 0 Å². The van der Waals surface area contributed by atoms with Gasteiger partial charge in [-0.15, -0.1) is 0 Å². The SMILES string of the molecule is C=C(C)C(=O)OCCCCC[Si](OCCC)(OCCC)OCCC. The van der Waals surface area contributed by atoms with Crippen molar-refractivity contribution in [2.45, 2.75) is 72.3 Å². The quantitative estimate of drug-likeness (QED) is 0.176. The van der Waals surface area contributed by atoms with Crippen molar-refractivity contribution >= 4 is 14.8 Å². The minimum absolute atomic E-state index is 0.317. The first kappa shape index (κ1) is 23.3. The summed E-state index contributed by atoms with van der Waals surface area (Å²) in [6.45, 7) is 14.0. The molecule has 0 aliphatic rings. The standard InChI is InChI=1S/C18H36O5Si/c1-6-12-21-24(22-13-7-2,23-14-8-3)16-11-9-10-15-20-18(19)17(4)5/h4,6-16H2,1-3,5H3. The number of esters is 1. The van der Waals surface area contributed by atoms with Crippen LogP contribution < -0.4 is 0 Å². The van der Waals surface area contributed by atoms with Crippen molar-refractivity contribution < 1.29 is 22.8 Å². The van der Waals surface area contributed by atoms with Crippen LogP contribution in [0.1, 0.15) is 66.2 Å². The van der Waals surface area contributed by atoms with Crippen molar-refractivity contribution in [2.75, 3.05) is 26.4 Å². The van der Waals surface area contributed by atoms with Gasteiger partial charge in [0.05, 0.1) is 6.61 Å². The molecular formula is C18H36O5Si. The third kappa shape index (κ3) is 11.0. The number of hydrogen-bond donors (Lipinski definition) is 0. The number of ether oxygens (including phenoxy) is 1. The van der Waals surface area contributed by atoms with E-state index in [-0.39, 0.29) is 5.97 Å². The molecule has 0 bridgehead atoms. The first-order valence-corrected chi connectivity index (χ1v) is 11.2. The summed E-state index contributed by atoms with van der Waals surface area (Å²) in [6, 6.07) is 0.821. The van der Waals surface area contributed by atoms with Crippen molar-refractivity contribution in [2.24, 2.45) is 0 Å². The molecule has 24 heavy (non-hydrogen) atoms. The Bertz CT molecular complexity index is 325. The van der Waals surface area contributed by atoms with Crippen LogP contribution in [0.4, 0.5) is 0 Å². The maximum absolute atomic E-state index is 11.3. The van der Waals surface area contributed by atoms with Gasteiger partial charge >= 0.3 is 14.8 Å². The number of rotatable bonds is 16. The summed E-state index contributed by atoms with van der Waals surface area (Å²) >= 11 is 0. The van der Waals surface area contributed by atoms with E-state index in [4.69, 9.17) is 18.0 Å². The van der Waals surface area contributed by atoms with E-state index in [0.29, 0.717) is 32.0 Å². The molecular weight excluding hydrogens is 324 g/mol. The molecule has 0 unspecified atom stereocenters. The molecule has 0 saturated carbocycles. The van der Waals surface area contributed by atoms with Crippen LogP contribution in [-0.2, 0) is 22.8 Å². The Balaban J connectivity index is 4.30. The van der Waals surface area contributed by atoms with Gasteiger partial charge in [0, 0.05) is 31.4 Å². The highest BCUT2D eigenvalue weighted by Gasteiger charge is 2.40. The lowest BCUT2D eigenvalue weighted by atomic mass is 10.3. The molecule has 0 aliphatic carbocycles. The molecule has 0 aromatic carbocycles. The van der Waals surface area contributed by atoms with Gasteiger partial charge in [-0.25, -0.2) is 4.79 Å². The summed E-state index contributed by atoms with van der Waals surface area (Å²) in [5, 5.41) is 0. The zero-order valence-electron chi connectivity index (χ0n) is 16.0. The second kappa shape index (κ2) is 14.6. The van der Waals surface area contributed by atoms with Crippen molar-refractivity contribution in [3.63, 3.8) is 0 Å². The number of carbonyl (C=O) groups is 1. The lowest BCUT2D eigenvalue weighted by molar-refractivity contribution is -0.139. The maximum Gasteiger partial charge on any atom is 0.500 e. The molecule has 0 spiro atoms. The van der Waals surface area contributed by atoms with Gasteiger partial charge in [-0.1, -0.05) is 33.8 Å². The molecule has 0 fully saturated rings. The van der Waals surface area contributed by atoms with Gasteiger partial charge in [0.25, 0.3) is 0 Å². The third-order valence-electron chi connectivity index (χ3n) is 3.29. The predicted octanol–water partition coefficient (Wildman–Crippen LogP) is 4.49. The fraction of sp³-hybridized carbons (Fsp3) is 0.833. The summed E-state index contributed by atoms with van der Waals surface area (Å²) in [4.78, 5) is 11.3. The summed E-state index contributed by atoms with van der Waals surface area (Å²) in [5.74, 6) is -0.317. The van der Waals surface area contributed by atoms with Gasteiger partial charge < -0.3 is 18.0 Å². The van der Waals surface area contributed by atoms with Crippen LogP contribution in [0.2, 0.25) is 6.04 Å². The minimum Gasteiger partial charge on any atom is -0.462 e. The molecule has 142 valence electrons. The maximum atomic E-state index is 11.3. The first-order chi connectivity index (χ1) is 11.5. The van der Waals surface area contributed by atoms with Crippen molar-refractivity contribution in [3.8, 4) is 0 Å². The second-order valence-electron chi connectivity index (χ2n) is 5.96. The molecule has 0 aromatic rings. The van der Waals surface area contributed by atoms with Crippen molar-refractivity contribution in [1.29, 1.82) is 0 Å². The van der Waals surface area contributed by atoms with E-state index in [1.165, 1.54) is 0 Å². The Morgan fingerprint density at radius 1 is 0.833 bits per heavy atom. The number of carbonyl (C=O) groups excluding carboxylic acids is 1. The summed E-state index contributed by atoms with van der Waals surface area (Å²) < 4.78 is 23.3. The molecule has 0 heterocycles. The van der Waals surface area contributed by atoms with Crippen molar-refractivity contribution in [3.05, 3.63) is 12.2 Å². The van der Waals surface area contributed by atoms with Crippen LogP contribution >= 0.6 is 0 Å². The van der Waals surface area contributed by atoms with Crippen LogP contribution in [0.15, 0.2) is 12.2 Å². The van der Waals surface area contributed by atoms with Gasteiger partial charge in [-0.2, -0.15) is 0 Å². The Morgan fingerprint density at radius 2 is 1.33 bits per heavy atom. The highest BCUT2D eigenvalue weighted by molar-refractivity contribution is 6.60. The Hall–Kier alpha value is -0.693. The molecule has 0 N–H and O–H groups in total. The second-order valence-corrected chi connectivity index (χ2v) is 8.69. The van der Waals surface area contributed by atoms with Gasteiger partial charge in [-0.3, -0.25) is 0 Å². The summed E-state index contributed by atoms with van der Waals surface area (Å²) in [6.07, 6.45) is 5.61. The van der Waals surface area contributed by atoms with Crippen LogP contribution in [0, 0.1) is 0 Å². The predicted molar refractivity (Wildman–Crippen MR) is 98.9 cm³/mol. The molecule has 0 saturated heterocycles. The zero-order valence-corrected chi connectivity index (χ0v) is 17.0. The van der Waals surface area contributed by atoms with Crippen LogP contribution in [-0.4, -0.2) is 41.2 Å². The average Bonchev–Trinajstić information content (AvgIpc) is 2.58. The Kier molecular flexibility index (Phi) is 14.2. The molecule has 0 aromatic heterocycles. The monoisotopic (exact) mass is 360 g/mol. The van der Waals surface area contributed by atoms with E-state index in [1.54, 1.807) is 6.92 Å². The van der Waals surface area contributed by atoms with Gasteiger partial charge in [0.15, 0.2) is 0 Å². The lowest BCUT2D eigenvalue weighted by Gasteiger charge is -2.29. The largest absolute Gasteiger partial charge is 0.500 e. The fourth-order valence-corrected chi connectivity index (χ4v) is 4.93. The number of unbranched alkanes of at least 4 members (excludes halogenated alkanes) is 2. The molecule has 0 atom stereocenters. The average molecular weight is 361 g/mol. The first-order valence-electron chi connectivity index (χ1n) is 9.25. The zero-order chi connectivity index (χ0) is 18.3. The van der Waals surface area contributed by atoms with E-state index in [2.05, 4.69) is 27.4 Å². The van der Waals surface area contributed by atoms with E-state index in [0.717, 1.165) is 44.6 Å². The van der Waals surface area contributed by atoms with Crippen molar-refractivity contribution in [1.82, 2.24) is 0 Å². The van der Waals surface area contributed by atoms with E-state index >= 15 is 0 Å². The highest BCUT2D eigenvalue weighted by Crippen LogP contribution is 2.21. The molecule has 0 amide bonds. The summed E-state index contributed by atoms with van der Waals surface area (Å²) in [7, 11) is -2.58. The van der Waals surface area contributed by atoms with Gasteiger partial charge in [0.2, 0.25) is 0 Å². The molecule has 5 nitrogen and oxygen atoms in total. The van der Waals surface area contributed by atoms with E-state index < -0.39 is 8.80 Å². The third-order valence-corrected chi connectivity index (χ3v) is 6.18. The molecule has 6 heteroatoms. The van der Waals surface area contributed by atoms with Gasteiger partial charge in [-0.05, 0) is 39.0 Å². The number of hydrogen-bond acceptors (Lipinski definition) is 5. The van der Waals surface area contributed by atoms with E-state index in [1.807, 2.05) is 0 Å². The summed E-state index contributed by atoms with van der Waals surface area (Å²) in [5.41, 5.74) is 0.440. The lowest BCUT2D eigenvalue weighted by Crippen LogP contribution is -2.46.